The zero-order valence-corrected chi connectivity index (χ0v) is 12.4. The van der Waals surface area contributed by atoms with Crippen molar-refractivity contribution >= 4 is 0 Å². The lowest BCUT2D eigenvalue weighted by Crippen LogP contribution is -2.31. The van der Waals surface area contributed by atoms with Crippen LogP contribution in [-0.4, -0.2) is 21.8 Å². The Morgan fingerprint density at radius 2 is 1.26 bits per heavy atom. The van der Waals surface area contributed by atoms with Crippen LogP contribution in [0, 0.1) is 5.82 Å². The number of aliphatic hydroxyl groups excluding tert-OH is 1. The molecule has 0 amide bonds. The Labute approximate surface area is 133 Å². The van der Waals surface area contributed by atoms with Gasteiger partial charge >= 0.3 is 0 Å². The molecule has 1 heterocycles. The van der Waals surface area contributed by atoms with Crippen LogP contribution in [0.2, 0.25) is 0 Å². The van der Waals surface area contributed by atoms with Gasteiger partial charge in [-0.2, -0.15) is 0 Å². The second kappa shape index (κ2) is 6.28. The van der Waals surface area contributed by atoms with Gasteiger partial charge in [0.05, 0.1) is 6.61 Å². The third-order valence-electron chi connectivity index (χ3n) is 3.93. The zero-order chi connectivity index (χ0) is 16.3. The van der Waals surface area contributed by atoms with Gasteiger partial charge in [-0.3, -0.25) is 4.98 Å². The standard InChI is InChI=1S/C19H16FNO2/c20-18-7-5-17(6-8-18)19(23,13-22)16-3-1-14(2-4-16)15-9-11-21-12-10-15/h1-12,22-23H,13H2. The average molecular weight is 309 g/mol. The molecule has 1 atom stereocenters. The summed E-state index contributed by atoms with van der Waals surface area (Å²) >= 11 is 0. The smallest absolute Gasteiger partial charge is 0.138 e. The Bertz CT molecular complexity index is 773. The number of pyridine rings is 1. The van der Waals surface area contributed by atoms with E-state index in [4.69, 9.17) is 0 Å². The van der Waals surface area contributed by atoms with Crippen molar-refractivity contribution in [1.82, 2.24) is 4.98 Å². The maximum atomic E-state index is 13.1. The Kier molecular flexibility index (Phi) is 4.19. The lowest BCUT2D eigenvalue weighted by molar-refractivity contribution is 0.0172. The van der Waals surface area contributed by atoms with Crippen LogP contribution in [0.1, 0.15) is 11.1 Å². The first-order valence-corrected chi connectivity index (χ1v) is 7.24. The highest BCUT2D eigenvalue weighted by Gasteiger charge is 2.30. The van der Waals surface area contributed by atoms with Gasteiger partial charge in [0.2, 0.25) is 0 Å². The summed E-state index contributed by atoms with van der Waals surface area (Å²) < 4.78 is 13.1. The molecule has 0 saturated heterocycles. The van der Waals surface area contributed by atoms with Gasteiger partial charge in [0.15, 0.2) is 0 Å². The fraction of sp³-hybridized carbons (Fsp3) is 0.105. The van der Waals surface area contributed by atoms with Gasteiger partial charge in [0.25, 0.3) is 0 Å². The molecule has 0 bridgehead atoms. The van der Waals surface area contributed by atoms with E-state index in [-0.39, 0.29) is 5.82 Å². The first-order valence-electron chi connectivity index (χ1n) is 7.24. The maximum Gasteiger partial charge on any atom is 0.138 e. The summed E-state index contributed by atoms with van der Waals surface area (Å²) in [5, 5.41) is 20.5. The molecule has 1 unspecified atom stereocenters. The molecule has 3 nitrogen and oxygen atoms in total. The molecule has 3 rings (SSSR count). The van der Waals surface area contributed by atoms with Crippen molar-refractivity contribution in [3.05, 3.63) is 90.0 Å². The summed E-state index contributed by atoms with van der Waals surface area (Å²) in [6, 6.07) is 16.5. The van der Waals surface area contributed by atoms with E-state index in [0.717, 1.165) is 11.1 Å². The van der Waals surface area contributed by atoms with Gasteiger partial charge in [0.1, 0.15) is 11.4 Å². The van der Waals surface area contributed by atoms with Crippen molar-refractivity contribution in [2.24, 2.45) is 0 Å². The van der Waals surface area contributed by atoms with E-state index < -0.39 is 12.2 Å². The van der Waals surface area contributed by atoms with Crippen molar-refractivity contribution in [2.45, 2.75) is 5.60 Å². The van der Waals surface area contributed by atoms with Crippen molar-refractivity contribution in [2.75, 3.05) is 6.61 Å². The molecule has 23 heavy (non-hydrogen) atoms. The van der Waals surface area contributed by atoms with E-state index in [9.17, 15) is 14.6 Å². The topological polar surface area (TPSA) is 53.4 Å². The number of benzene rings is 2. The van der Waals surface area contributed by atoms with E-state index in [1.165, 1.54) is 24.3 Å². The van der Waals surface area contributed by atoms with Crippen LogP contribution in [-0.2, 0) is 5.60 Å². The number of hydrogen-bond acceptors (Lipinski definition) is 3. The first kappa shape index (κ1) is 15.3. The van der Waals surface area contributed by atoms with Crippen LogP contribution in [0.3, 0.4) is 0 Å². The zero-order valence-electron chi connectivity index (χ0n) is 12.4. The quantitative estimate of drug-likeness (QED) is 0.778. The van der Waals surface area contributed by atoms with Crippen LogP contribution in [0.15, 0.2) is 73.1 Å². The predicted octanol–water partition coefficient (Wildman–Crippen LogP) is 3.12. The third-order valence-corrected chi connectivity index (χ3v) is 3.93. The summed E-state index contributed by atoms with van der Waals surface area (Å²) in [5.41, 5.74) is 1.42. The monoisotopic (exact) mass is 309 g/mol. The van der Waals surface area contributed by atoms with Gasteiger partial charge in [-0.15, -0.1) is 0 Å². The molecule has 4 heteroatoms. The summed E-state index contributed by atoms with van der Waals surface area (Å²) in [5.74, 6) is -0.387. The van der Waals surface area contributed by atoms with E-state index in [0.29, 0.717) is 11.1 Å². The van der Waals surface area contributed by atoms with E-state index in [1.54, 1.807) is 24.5 Å². The molecule has 116 valence electrons. The molecule has 2 N–H and O–H groups in total. The molecule has 1 aromatic heterocycles. The van der Waals surface area contributed by atoms with Gasteiger partial charge in [-0.25, -0.2) is 4.39 Å². The molecule has 0 radical (unpaired) electrons. The highest BCUT2D eigenvalue weighted by atomic mass is 19.1. The Balaban J connectivity index is 1.97. The summed E-state index contributed by atoms with van der Waals surface area (Å²) in [4.78, 5) is 3.98. The number of halogens is 1. The SMILES string of the molecule is OCC(O)(c1ccc(F)cc1)c1ccc(-c2ccncc2)cc1. The first-order chi connectivity index (χ1) is 11.1. The van der Waals surface area contributed by atoms with Crippen LogP contribution in [0.25, 0.3) is 11.1 Å². The molecule has 2 aromatic carbocycles. The molecule has 3 aromatic rings. The minimum absolute atomic E-state index is 0.387. The summed E-state index contributed by atoms with van der Waals surface area (Å²) in [6.45, 7) is -0.493. The fourth-order valence-electron chi connectivity index (χ4n) is 2.56. The van der Waals surface area contributed by atoms with Crippen molar-refractivity contribution in [3.63, 3.8) is 0 Å². The third kappa shape index (κ3) is 2.99. The number of aliphatic hydroxyl groups is 2. The number of nitrogens with zero attached hydrogens (tertiary/aromatic N) is 1. The molecular formula is C19H16FNO2. The van der Waals surface area contributed by atoms with Crippen LogP contribution in [0.4, 0.5) is 4.39 Å². The highest BCUT2D eigenvalue weighted by Crippen LogP contribution is 2.31. The number of hydrogen-bond donors (Lipinski definition) is 2. The number of rotatable bonds is 4. The summed E-state index contributed by atoms with van der Waals surface area (Å²) in [7, 11) is 0. The lowest BCUT2D eigenvalue weighted by Gasteiger charge is -2.27. The Morgan fingerprint density at radius 1 is 0.783 bits per heavy atom. The normalized spacial score (nSPS) is 13.5. The van der Waals surface area contributed by atoms with Crippen LogP contribution in [0.5, 0.6) is 0 Å². The van der Waals surface area contributed by atoms with Gasteiger partial charge in [-0.1, -0.05) is 36.4 Å². The Hall–Kier alpha value is -2.56. The van der Waals surface area contributed by atoms with Crippen LogP contribution < -0.4 is 0 Å². The molecule has 0 fully saturated rings. The van der Waals surface area contributed by atoms with Crippen molar-refractivity contribution in [1.29, 1.82) is 0 Å². The summed E-state index contributed by atoms with van der Waals surface area (Å²) in [6.07, 6.45) is 3.43. The van der Waals surface area contributed by atoms with E-state index in [1.807, 2.05) is 24.3 Å². The molecule has 0 aliphatic rings. The molecule has 0 aliphatic heterocycles. The van der Waals surface area contributed by atoms with Gasteiger partial charge in [-0.05, 0) is 46.5 Å². The van der Waals surface area contributed by atoms with Crippen molar-refractivity contribution < 1.29 is 14.6 Å². The van der Waals surface area contributed by atoms with E-state index >= 15 is 0 Å². The molecule has 0 spiro atoms. The molecule has 0 aliphatic carbocycles. The lowest BCUT2D eigenvalue weighted by atomic mass is 9.86. The Morgan fingerprint density at radius 3 is 1.78 bits per heavy atom. The predicted molar refractivity (Wildman–Crippen MR) is 86.2 cm³/mol. The van der Waals surface area contributed by atoms with E-state index in [2.05, 4.69) is 4.98 Å². The minimum Gasteiger partial charge on any atom is -0.393 e. The van der Waals surface area contributed by atoms with Crippen molar-refractivity contribution in [3.8, 4) is 11.1 Å². The highest BCUT2D eigenvalue weighted by molar-refractivity contribution is 5.63. The average Bonchev–Trinajstić information content (AvgIpc) is 2.62. The fourth-order valence-corrected chi connectivity index (χ4v) is 2.56. The largest absolute Gasteiger partial charge is 0.393 e. The second-order valence-corrected chi connectivity index (χ2v) is 5.34. The van der Waals surface area contributed by atoms with Crippen LogP contribution >= 0.6 is 0 Å². The van der Waals surface area contributed by atoms with Gasteiger partial charge in [0, 0.05) is 12.4 Å². The maximum absolute atomic E-state index is 13.1. The minimum atomic E-state index is -1.57. The number of aromatic nitrogens is 1. The molecule has 0 saturated carbocycles. The van der Waals surface area contributed by atoms with Gasteiger partial charge < -0.3 is 10.2 Å². The molecular weight excluding hydrogens is 293 g/mol. The second-order valence-electron chi connectivity index (χ2n) is 5.34.